The first kappa shape index (κ1) is 28.0. The van der Waals surface area contributed by atoms with Gasteiger partial charge in [0.05, 0.1) is 19.2 Å². The maximum atomic E-state index is 12.3. The summed E-state index contributed by atoms with van der Waals surface area (Å²) in [7, 11) is 0. The van der Waals surface area contributed by atoms with Crippen molar-refractivity contribution >= 4 is 46.9 Å². The molecule has 2 aromatic rings. The average molecular weight is 541 g/mol. The third kappa shape index (κ3) is 6.38. The molecule has 206 valence electrons. The number of carbonyl (C=O) groups excluding carboxylic acids is 2. The summed E-state index contributed by atoms with van der Waals surface area (Å²) in [4.78, 5) is 69.5. The smallest absolute Gasteiger partial charge is 0.407 e. The Hall–Kier alpha value is -4.62. The maximum Gasteiger partial charge on any atom is 0.407 e. The third-order valence-electron chi connectivity index (χ3n) is 5.36. The Morgan fingerprint density at radius 3 is 2.29 bits per heavy atom. The molecule has 2 amide bonds. The van der Waals surface area contributed by atoms with E-state index in [0.29, 0.717) is 0 Å². The highest BCUT2D eigenvalue weighted by Gasteiger charge is 2.45. The number of hydrogen-bond acceptors (Lipinski definition) is 13. The number of nitrogen functional groups attached to an aromatic ring is 1. The maximum absolute atomic E-state index is 12.3. The first-order chi connectivity index (χ1) is 17.9. The number of carbonyl (C=O) groups is 5. The Balaban J connectivity index is 1.62. The normalized spacial score (nSPS) is 22.4. The molecule has 0 spiro atoms. The summed E-state index contributed by atoms with van der Waals surface area (Å²) >= 11 is 0. The summed E-state index contributed by atoms with van der Waals surface area (Å²) in [5, 5.41) is 51.4. The van der Waals surface area contributed by atoms with Gasteiger partial charge in [0.15, 0.2) is 17.7 Å². The van der Waals surface area contributed by atoms with E-state index in [9.17, 15) is 34.2 Å². The molecule has 0 aliphatic carbocycles. The number of nitrogens with one attached hydrogen (secondary N) is 2. The number of carboxylic acids is 3. The van der Waals surface area contributed by atoms with Gasteiger partial charge in [0.1, 0.15) is 48.8 Å². The molecule has 3 rings (SSSR count). The molecule has 19 nitrogen and oxygen atoms in total. The van der Waals surface area contributed by atoms with E-state index in [-0.39, 0.29) is 17.0 Å². The summed E-state index contributed by atoms with van der Waals surface area (Å²) < 4.78 is 11.8. The largest absolute Gasteiger partial charge is 0.481 e. The predicted octanol–water partition coefficient (Wildman–Crippen LogP) is -3.36. The van der Waals surface area contributed by atoms with Gasteiger partial charge in [-0.25, -0.2) is 24.5 Å². The van der Waals surface area contributed by atoms with E-state index in [1.807, 2.05) is 10.6 Å². The zero-order valence-corrected chi connectivity index (χ0v) is 19.2. The summed E-state index contributed by atoms with van der Waals surface area (Å²) in [5.74, 6) is -6.02. The monoisotopic (exact) mass is 541 g/mol. The second kappa shape index (κ2) is 11.6. The number of carboxylic acid groups (broad SMARTS) is 3. The van der Waals surface area contributed by atoms with Gasteiger partial charge < -0.3 is 51.4 Å². The molecule has 0 saturated carbocycles. The number of alkyl carbamates (subject to hydrolysis) is 1. The molecule has 1 aliphatic rings. The summed E-state index contributed by atoms with van der Waals surface area (Å²) in [6.07, 6.45) is -6.52. The van der Waals surface area contributed by atoms with Crippen molar-refractivity contribution in [3.05, 3.63) is 12.7 Å². The van der Waals surface area contributed by atoms with E-state index in [4.69, 9.17) is 30.5 Å². The highest BCUT2D eigenvalue weighted by molar-refractivity contribution is 5.93. The van der Waals surface area contributed by atoms with Gasteiger partial charge in [0.2, 0.25) is 5.91 Å². The second-order valence-corrected chi connectivity index (χ2v) is 8.02. The van der Waals surface area contributed by atoms with E-state index in [1.54, 1.807) is 0 Å². The number of nitrogens with two attached hydrogens (primary N) is 1. The Morgan fingerprint density at radius 1 is 1.00 bits per heavy atom. The summed E-state index contributed by atoms with van der Waals surface area (Å²) in [6.45, 7) is -0.664. The second-order valence-electron chi connectivity index (χ2n) is 8.02. The molecule has 1 saturated heterocycles. The summed E-state index contributed by atoms with van der Waals surface area (Å²) in [5.41, 5.74) is 6.14. The quantitative estimate of drug-likeness (QED) is 0.138. The van der Waals surface area contributed by atoms with Crippen molar-refractivity contribution in [1.29, 1.82) is 0 Å². The van der Waals surface area contributed by atoms with Gasteiger partial charge in [-0.15, -0.1) is 0 Å². The molecule has 1 aliphatic heterocycles. The lowest BCUT2D eigenvalue weighted by Crippen LogP contribution is -2.53. The van der Waals surface area contributed by atoms with Crippen molar-refractivity contribution in [2.24, 2.45) is 0 Å². The lowest BCUT2D eigenvalue weighted by atomic mass is 10.1. The van der Waals surface area contributed by atoms with Crippen LogP contribution in [0.2, 0.25) is 0 Å². The van der Waals surface area contributed by atoms with Crippen LogP contribution in [0, 0.1) is 0 Å². The van der Waals surface area contributed by atoms with Crippen LogP contribution >= 0.6 is 0 Å². The van der Waals surface area contributed by atoms with E-state index >= 15 is 0 Å². The topological polar surface area (TPSA) is 299 Å². The molecule has 9 N–H and O–H groups in total. The van der Waals surface area contributed by atoms with Crippen LogP contribution in [0.3, 0.4) is 0 Å². The van der Waals surface area contributed by atoms with Crippen LogP contribution in [0.5, 0.6) is 0 Å². The molecule has 38 heavy (non-hydrogen) atoms. The van der Waals surface area contributed by atoms with E-state index in [0.717, 1.165) is 6.33 Å². The number of aliphatic hydroxyl groups is 2. The van der Waals surface area contributed by atoms with E-state index in [1.165, 1.54) is 10.9 Å². The lowest BCUT2D eigenvalue weighted by Gasteiger charge is -2.20. The molecule has 2 aromatic heterocycles. The van der Waals surface area contributed by atoms with Crippen molar-refractivity contribution in [2.75, 3.05) is 12.3 Å². The van der Waals surface area contributed by atoms with Crippen molar-refractivity contribution in [3.8, 4) is 0 Å². The van der Waals surface area contributed by atoms with Crippen LogP contribution in [0.15, 0.2) is 12.7 Å². The zero-order chi connectivity index (χ0) is 28.1. The zero-order valence-electron chi connectivity index (χ0n) is 19.2. The number of aromatic nitrogens is 4. The molecule has 0 radical (unpaired) electrons. The lowest BCUT2D eigenvalue weighted by molar-refractivity contribution is -0.147. The molecule has 6 atom stereocenters. The molecular formula is C19H23N7O12. The van der Waals surface area contributed by atoms with E-state index in [2.05, 4.69) is 15.0 Å². The Labute approximate surface area is 211 Å². The number of rotatable bonds is 11. The Bertz CT molecular complexity index is 1240. The van der Waals surface area contributed by atoms with Gasteiger partial charge in [-0.3, -0.25) is 19.0 Å². The number of anilines is 1. The molecule has 0 unspecified atom stereocenters. The van der Waals surface area contributed by atoms with Gasteiger partial charge in [-0.05, 0) is 0 Å². The number of nitrogens with zero attached hydrogens (tertiary/aromatic N) is 4. The number of amides is 2. The standard InChI is InChI=1S/C19H23N7O12/c20-14-11-15(22-4-21-14)26(5-23-11)17-13(32)12(31)8(38-17)3-37-19(36)25-6(1-9(27)28)16(33)24-7(18(34)35)2-10(29)30/h4-8,12-13,17,31-32H,1-3H2,(H,24,33)(H,25,36)(H,27,28)(H,29,30)(H,34,35)(H2,20,21,22)/t6-,7-,8+,12+,13+,17+/m0/s1. The predicted molar refractivity (Wildman–Crippen MR) is 118 cm³/mol. The highest BCUT2D eigenvalue weighted by Crippen LogP contribution is 2.32. The van der Waals surface area contributed by atoms with Gasteiger partial charge >= 0.3 is 24.0 Å². The number of hydrogen-bond donors (Lipinski definition) is 8. The average Bonchev–Trinajstić information content (AvgIpc) is 3.38. The summed E-state index contributed by atoms with van der Waals surface area (Å²) in [6, 6.07) is -3.74. The minimum absolute atomic E-state index is 0.0657. The minimum atomic E-state index is -1.89. The van der Waals surface area contributed by atoms with Crippen LogP contribution < -0.4 is 16.4 Å². The Morgan fingerprint density at radius 2 is 1.66 bits per heavy atom. The minimum Gasteiger partial charge on any atom is -0.481 e. The van der Waals surface area contributed by atoms with Gasteiger partial charge in [0, 0.05) is 0 Å². The first-order valence-corrected chi connectivity index (χ1v) is 10.7. The molecule has 0 aromatic carbocycles. The number of fused-ring (bicyclic) bond motifs is 1. The van der Waals surface area contributed by atoms with Crippen LogP contribution in [0.4, 0.5) is 10.6 Å². The number of aliphatic carboxylic acids is 3. The molecule has 1 fully saturated rings. The fourth-order valence-electron chi connectivity index (χ4n) is 3.53. The first-order valence-electron chi connectivity index (χ1n) is 10.7. The Kier molecular flexibility index (Phi) is 8.55. The van der Waals surface area contributed by atoms with Gasteiger partial charge in [0.25, 0.3) is 0 Å². The van der Waals surface area contributed by atoms with Crippen molar-refractivity contribution in [2.45, 2.75) is 49.5 Å². The SMILES string of the molecule is Nc1ncnc2c1ncn2[C@@H]1O[C@H](COC(=O)N[C@@H](CC(=O)O)C(=O)N[C@@H](CC(=O)O)C(=O)O)[C@@H](O)[C@H]1O. The molecule has 19 heteroatoms. The van der Waals surface area contributed by atoms with Gasteiger partial charge in [-0.2, -0.15) is 0 Å². The number of ether oxygens (including phenoxy) is 2. The number of imidazole rings is 1. The highest BCUT2D eigenvalue weighted by atomic mass is 16.6. The molecular weight excluding hydrogens is 518 g/mol. The fraction of sp³-hybridized carbons (Fsp3) is 0.474. The van der Waals surface area contributed by atoms with Crippen molar-refractivity contribution < 1.29 is 59.0 Å². The van der Waals surface area contributed by atoms with Crippen LogP contribution in [0.25, 0.3) is 11.2 Å². The van der Waals surface area contributed by atoms with Crippen molar-refractivity contribution in [3.63, 3.8) is 0 Å². The molecule has 0 bridgehead atoms. The fourth-order valence-corrected chi connectivity index (χ4v) is 3.53. The van der Waals surface area contributed by atoms with Crippen molar-refractivity contribution in [1.82, 2.24) is 30.2 Å². The van der Waals surface area contributed by atoms with Gasteiger partial charge in [-0.1, -0.05) is 0 Å². The van der Waals surface area contributed by atoms with E-state index < -0.39 is 86.0 Å². The van der Waals surface area contributed by atoms with Crippen LogP contribution in [-0.4, -0.2) is 112 Å². The third-order valence-corrected chi connectivity index (χ3v) is 5.36. The molecule has 3 heterocycles. The number of aliphatic hydroxyl groups excluding tert-OH is 2. The van der Waals surface area contributed by atoms with Crippen LogP contribution in [-0.2, 0) is 28.7 Å². The van der Waals surface area contributed by atoms with Crippen LogP contribution in [0.1, 0.15) is 19.1 Å².